The fraction of sp³-hybridized carbons (Fsp3) is 0.462. The number of ether oxygens (including phenoxy) is 1. The van der Waals surface area contributed by atoms with Crippen molar-refractivity contribution in [2.75, 3.05) is 13.7 Å². The third-order valence-electron chi connectivity index (χ3n) is 3.21. The first-order valence-corrected chi connectivity index (χ1v) is 8.66. The van der Waals surface area contributed by atoms with E-state index in [0.29, 0.717) is 4.47 Å². The smallest absolute Gasteiger partial charge is 0.304 e. The highest BCUT2D eigenvalue weighted by Gasteiger charge is 2.39. The molecule has 1 aromatic rings. The van der Waals surface area contributed by atoms with Crippen molar-refractivity contribution in [1.29, 1.82) is 0 Å². The largest absolute Gasteiger partial charge is 0.495 e. The second kappa shape index (κ2) is 6.33. The zero-order valence-electron chi connectivity index (χ0n) is 11.5. The number of carboxylic acid groups (broad SMARTS) is 1. The SMILES string of the molecule is COc1ccc(Br)cc1S(=O)(=O)N(CCC(=O)O)C1CC1. The number of rotatable bonds is 7. The highest BCUT2D eigenvalue weighted by molar-refractivity contribution is 9.10. The summed E-state index contributed by atoms with van der Waals surface area (Å²) in [7, 11) is -2.38. The van der Waals surface area contributed by atoms with Gasteiger partial charge in [-0.1, -0.05) is 15.9 Å². The number of nitrogens with zero attached hydrogens (tertiary/aromatic N) is 1. The van der Waals surface area contributed by atoms with Gasteiger partial charge < -0.3 is 9.84 Å². The molecule has 1 saturated carbocycles. The predicted molar refractivity (Wildman–Crippen MR) is 79.9 cm³/mol. The molecule has 8 heteroatoms. The van der Waals surface area contributed by atoms with Gasteiger partial charge in [0, 0.05) is 17.1 Å². The van der Waals surface area contributed by atoms with E-state index in [2.05, 4.69) is 15.9 Å². The summed E-state index contributed by atoms with van der Waals surface area (Å²) < 4.78 is 32.6. The molecule has 21 heavy (non-hydrogen) atoms. The summed E-state index contributed by atoms with van der Waals surface area (Å²) in [6.07, 6.45) is 1.30. The first-order chi connectivity index (χ1) is 9.86. The molecule has 1 N–H and O–H groups in total. The Labute approximate surface area is 131 Å². The Hall–Kier alpha value is -1.12. The Morgan fingerprint density at radius 2 is 2.14 bits per heavy atom. The summed E-state index contributed by atoms with van der Waals surface area (Å²) in [5.74, 6) is -0.767. The number of aliphatic carboxylic acids is 1. The van der Waals surface area contributed by atoms with E-state index >= 15 is 0 Å². The molecule has 1 aliphatic carbocycles. The Morgan fingerprint density at radius 3 is 2.67 bits per heavy atom. The van der Waals surface area contributed by atoms with Crippen LogP contribution in [0.2, 0.25) is 0 Å². The van der Waals surface area contributed by atoms with Crippen molar-refractivity contribution in [1.82, 2.24) is 4.31 Å². The van der Waals surface area contributed by atoms with E-state index in [9.17, 15) is 13.2 Å². The first kappa shape index (κ1) is 16.3. The highest BCUT2D eigenvalue weighted by Crippen LogP contribution is 2.36. The minimum Gasteiger partial charge on any atom is -0.495 e. The summed E-state index contributed by atoms with van der Waals surface area (Å²) in [4.78, 5) is 10.8. The molecular formula is C13H16BrNO5S. The second-order valence-electron chi connectivity index (χ2n) is 4.79. The number of hydrogen-bond donors (Lipinski definition) is 1. The van der Waals surface area contributed by atoms with Crippen LogP contribution in [-0.2, 0) is 14.8 Å². The third-order valence-corrected chi connectivity index (χ3v) is 5.68. The average molecular weight is 378 g/mol. The fourth-order valence-electron chi connectivity index (χ4n) is 2.05. The molecule has 0 saturated heterocycles. The van der Waals surface area contributed by atoms with Gasteiger partial charge in [-0.15, -0.1) is 0 Å². The Bertz CT molecular complexity index is 642. The molecule has 0 amide bonds. The van der Waals surface area contributed by atoms with Crippen molar-refractivity contribution in [3.8, 4) is 5.75 Å². The average Bonchev–Trinajstić information content (AvgIpc) is 3.23. The molecule has 0 unspecified atom stereocenters. The summed E-state index contributed by atoms with van der Waals surface area (Å²) in [6.45, 7) is -0.0298. The molecule has 2 rings (SSSR count). The van der Waals surface area contributed by atoms with Crippen molar-refractivity contribution < 1.29 is 23.1 Å². The topological polar surface area (TPSA) is 83.9 Å². The number of methoxy groups -OCH3 is 1. The number of hydrogen-bond acceptors (Lipinski definition) is 4. The quantitative estimate of drug-likeness (QED) is 0.786. The Balaban J connectivity index is 2.38. The lowest BCUT2D eigenvalue weighted by molar-refractivity contribution is -0.137. The lowest BCUT2D eigenvalue weighted by Gasteiger charge is -2.22. The van der Waals surface area contributed by atoms with Crippen LogP contribution in [-0.4, -0.2) is 43.5 Å². The zero-order chi connectivity index (χ0) is 15.6. The molecule has 1 aromatic carbocycles. The minimum atomic E-state index is -3.78. The molecule has 1 aliphatic rings. The van der Waals surface area contributed by atoms with Crippen LogP contribution in [0.15, 0.2) is 27.6 Å². The van der Waals surface area contributed by atoms with E-state index in [-0.39, 0.29) is 29.7 Å². The standard InChI is InChI=1S/C13H16BrNO5S/c1-20-11-5-2-9(14)8-12(11)21(18,19)15(10-3-4-10)7-6-13(16)17/h2,5,8,10H,3-4,6-7H2,1H3,(H,16,17). The third kappa shape index (κ3) is 3.75. The molecule has 0 radical (unpaired) electrons. The van der Waals surface area contributed by atoms with Crippen LogP contribution >= 0.6 is 15.9 Å². The predicted octanol–water partition coefficient (Wildman–Crippen LogP) is 2.09. The van der Waals surface area contributed by atoms with Gasteiger partial charge in [-0.2, -0.15) is 4.31 Å². The second-order valence-corrected chi connectivity index (χ2v) is 7.56. The Morgan fingerprint density at radius 1 is 1.48 bits per heavy atom. The molecule has 0 atom stereocenters. The monoisotopic (exact) mass is 377 g/mol. The van der Waals surface area contributed by atoms with E-state index in [1.54, 1.807) is 12.1 Å². The van der Waals surface area contributed by atoms with Crippen molar-refractivity contribution >= 4 is 31.9 Å². The molecular weight excluding hydrogens is 362 g/mol. The maximum atomic E-state index is 12.8. The van der Waals surface area contributed by atoms with Crippen LogP contribution in [0.3, 0.4) is 0 Å². The summed E-state index contributed by atoms with van der Waals surface area (Å²) in [6, 6.07) is 4.62. The summed E-state index contributed by atoms with van der Waals surface area (Å²) in [5.41, 5.74) is 0. The zero-order valence-corrected chi connectivity index (χ0v) is 13.9. The van der Waals surface area contributed by atoms with E-state index in [1.165, 1.54) is 17.5 Å². The normalized spacial score (nSPS) is 15.2. The van der Waals surface area contributed by atoms with E-state index in [4.69, 9.17) is 9.84 Å². The van der Waals surface area contributed by atoms with Gasteiger partial charge in [-0.3, -0.25) is 4.79 Å². The van der Waals surface area contributed by atoms with Crippen LogP contribution in [0.5, 0.6) is 5.75 Å². The lowest BCUT2D eigenvalue weighted by atomic mass is 10.3. The molecule has 0 aliphatic heterocycles. The van der Waals surface area contributed by atoms with Crippen LogP contribution < -0.4 is 4.74 Å². The van der Waals surface area contributed by atoms with Crippen molar-refractivity contribution in [2.45, 2.75) is 30.2 Å². The summed E-state index contributed by atoms with van der Waals surface area (Å²) in [5, 5.41) is 8.79. The van der Waals surface area contributed by atoms with E-state index in [1.807, 2.05) is 0 Å². The minimum absolute atomic E-state index is 0.0298. The number of carboxylic acids is 1. The van der Waals surface area contributed by atoms with Crippen LogP contribution in [0.4, 0.5) is 0 Å². The number of carbonyl (C=O) groups is 1. The molecule has 0 spiro atoms. The molecule has 6 nitrogen and oxygen atoms in total. The van der Waals surface area contributed by atoms with Gasteiger partial charge in [-0.05, 0) is 31.0 Å². The van der Waals surface area contributed by atoms with Crippen LogP contribution in [0, 0.1) is 0 Å². The maximum Gasteiger partial charge on any atom is 0.304 e. The van der Waals surface area contributed by atoms with Crippen molar-refractivity contribution in [2.24, 2.45) is 0 Å². The van der Waals surface area contributed by atoms with Crippen molar-refractivity contribution in [3.63, 3.8) is 0 Å². The van der Waals surface area contributed by atoms with Gasteiger partial charge in [-0.25, -0.2) is 8.42 Å². The first-order valence-electron chi connectivity index (χ1n) is 6.43. The number of halogens is 1. The lowest BCUT2D eigenvalue weighted by Crippen LogP contribution is -2.35. The molecule has 0 bridgehead atoms. The van der Waals surface area contributed by atoms with E-state index < -0.39 is 16.0 Å². The molecule has 116 valence electrons. The number of sulfonamides is 1. The van der Waals surface area contributed by atoms with Crippen LogP contribution in [0.1, 0.15) is 19.3 Å². The maximum absolute atomic E-state index is 12.8. The molecule has 0 heterocycles. The van der Waals surface area contributed by atoms with Gasteiger partial charge >= 0.3 is 5.97 Å². The molecule has 1 fully saturated rings. The van der Waals surface area contributed by atoms with Crippen LogP contribution in [0.25, 0.3) is 0 Å². The summed E-state index contributed by atoms with van der Waals surface area (Å²) >= 11 is 3.25. The molecule has 0 aromatic heterocycles. The van der Waals surface area contributed by atoms with Gasteiger partial charge in [0.2, 0.25) is 10.0 Å². The number of benzene rings is 1. The van der Waals surface area contributed by atoms with Gasteiger partial charge in [0.05, 0.1) is 13.5 Å². The van der Waals surface area contributed by atoms with Gasteiger partial charge in [0.15, 0.2) is 0 Å². The van der Waals surface area contributed by atoms with Gasteiger partial charge in [0.25, 0.3) is 0 Å². The Kier molecular flexibility index (Phi) is 4.90. The van der Waals surface area contributed by atoms with Gasteiger partial charge in [0.1, 0.15) is 10.6 Å². The van der Waals surface area contributed by atoms with E-state index in [0.717, 1.165) is 12.8 Å². The fourth-order valence-corrected chi connectivity index (χ4v) is 4.43. The van der Waals surface area contributed by atoms with Crippen molar-refractivity contribution in [3.05, 3.63) is 22.7 Å². The highest BCUT2D eigenvalue weighted by atomic mass is 79.9.